The van der Waals surface area contributed by atoms with Gasteiger partial charge in [-0.3, -0.25) is 9.48 Å². The van der Waals surface area contributed by atoms with E-state index in [2.05, 4.69) is 20.0 Å². The Morgan fingerprint density at radius 1 is 1.53 bits per heavy atom. The molecule has 2 aromatic rings. The van der Waals surface area contributed by atoms with Crippen LogP contribution in [0.1, 0.15) is 22.7 Å². The molecule has 6 nitrogen and oxygen atoms in total. The molecule has 0 bridgehead atoms. The summed E-state index contributed by atoms with van der Waals surface area (Å²) in [5, 5.41) is 6.98. The van der Waals surface area contributed by atoms with Crippen LogP contribution in [-0.4, -0.2) is 31.8 Å². The van der Waals surface area contributed by atoms with Gasteiger partial charge < -0.3 is 9.88 Å². The fraction of sp³-hybridized carbons (Fsp3) is 0.462. The second kappa shape index (κ2) is 4.87. The summed E-state index contributed by atoms with van der Waals surface area (Å²) in [6, 6.07) is 1.73. The normalized spacial score (nSPS) is 18.1. The Kier molecular flexibility index (Phi) is 3.06. The van der Waals surface area contributed by atoms with Gasteiger partial charge in [0.2, 0.25) is 0 Å². The predicted octanol–water partition coefficient (Wildman–Crippen LogP) is 0.609. The summed E-state index contributed by atoms with van der Waals surface area (Å²) in [4.78, 5) is 16.3. The van der Waals surface area contributed by atoms with Gasteiger partial charge in [0.25, 0.3) is 5.91 Å². The zero-order valence-electron chi connectivity index (χ0n) is 10.9. The highest BCUT2D eigenvalue weighted by Crippen LogP contribution is 2.18. The summed E-state index contributed by atoms with van der Waals surface area (Å²) in [5.41, 5.74) is 0.595. The average molecular weight is 259 g/mol. The van der Waals surface area contributed by atoms with Crippen LogP contribution in [0.5, 0.6) is 0 Å². The first kappa shape index (κ1) is 12.0. The molecule has 3 heterocycles. The van der Waals surface area contributed by atoms with Crippen molar-refractivity contribution in [3.8, 4) is 0 Å². The molecular weight excluding hydrogens is 242 g/mol. The first-order valence-electron chi connectivity index (χ1n) is 6.50. The highest BCUT2D eigenvalue weighted by atomic mass is 16.2. The number of rotatable bonds is 3. The minimum atomic E-state index is -0.0612. The molecule has 1 aliphatic rings. The molecule has 0 saturated heterocycles. The molecule has 1 unspecified atom stereocenters. The minimum absolute atomic E-state index is 0.0612. The third-order valence-electron chi connectivity index (χ3n) is 3.66. The van der Waals surface area contributed by atoms with E-state index in [0.717, 1.165) is 25.2 Å². The lowest BCUT2D eigenvalue weighted by atomic mass is 9.98. The Morgan fingerprint density at radius 2 is 2.42 bits per heavy atom. The number of carbonyl (C=O) groups excluding carboxylic acids is 1. The smallest absolute Gasteiger partial charge is 0.269 e. The van der Waals surface area contributed by atoms with Gasteiger partial charge >= 0.3 is 0 Å². The highest BCUT2D eigenvalue weighted by Gasteiger charge is 2.20. The summed E-state index contributed by atoms with van der Waals surface area (Å²) in [7, 11) is 1.77. The number of hydrogen-bond donors (Lipinski definition) is 1. The number of nitrogens with zero attached hydrogens (tertiary/aromatic N) is 4. The van der Waals surface area contributed by atoms with E-state index in [4.69, 9.17) is 0 Å². The highest BCUT2D eigenvalue weighted by molar-refractivity contribution is 5.92. The number of fused-ring (bicyclic) bond motifs is 1. The van der Waals surface area contributed by atoms with Crippen molar-refractivity contribution in [1.82, 2.24) is 24.6 Å². The number of hydrogen-bond acceptors (Lipinski definition) is 3. The molecule has 1 atom stereocenters. The molecule has 100 valence electrons. The maximum Gasteiger partial charge on any atom is 0.269 e. The van der Waals surface area contributed by atoms with Crippen LogP contribution < -0.4 is 5.32 Å². The number of aryl methyl sites for hydroxylation is 2. The largest absolute Gasteiger partial charge is 0.350 e. The lowest BCUT2D eigenvalue weighted by Crippen LogP contribution is -2.34. The Balaban J connectivity index is 1.56. The van der Waals surface area contributed by atoms with Crippen LogP contribution in [0.2, 0.25) is 0 Å². The monoisotopic (exact) mass is 259 g/mol. The van der Waals surface area contributed by atoms with E-state index in [0.29, 0.717) is 18.2 Å². The first-order valence-corrected chi connectivity index (χ1v) is 6.50. The first-order chi connectivity index (χ1) is 9.24. The van der Waals surface area contributed by atoms with Gasteiger partial charge in [-0.25, -0.2) is 4.98 Å². The lowest BCUT2D eigenvalue weighted by Gasteiger charge is -2.23. The van der Waals surface area contributed by atoms with E-state index in [9.17, 15) is 4.79 Å². The number of nitrogens with one attached hydrogen (secondary N) is 1. The van der Waals surface area contributed by atoms with Gasteiger partial charge in [0.15, 0.2) is 0 Å². The molecule has 3 rings (SSSR count). The molecular formula is C13H17N5O. The fourth-order valence-electron chi connectivity index (χ4n) is 2.51. The molecule has 0 fully saturated rings. The van der Waals surface area contributed by atoms with Gasteiger partial charge in [0.1, 0.15) is 11.5 Å². The van der Waals surface area contributed by atoms with Crippen molar-refractivity contribution in [2.75, 3.05) is 6.54 Å². The standard InChI is InChI=1S/C13H17N5O/c1-17-11(2-4-16-17)13(19)15-9-10-3-6-18-7-5-14-12(18)8-10/h2,4-5,7,10H,3,6,8-9H2,1H3,(H,15,19). The number of imidazole rings is 1. The van der Waals surface area contributed by atoms with E-state index >= 15 is 0 Å². The Morgan fingerprint density at radius 3 is 3.21 bits per heavy atom. The predicted molar refractivity (Wildman–Crippen MR) is 69.6 cm³/mol. The third-order valence-corrected chi connectivity index (χ3v) is 3.66. The van der Waals surface area contributed by atoms with Crippen LogP contribution in [0.4, 0.5) is 0 Å². The molecule has 0 radical (unpaired) electrons. The second-order valence-corrected chi connectivity index (χ2v) is 4.95. The van der Waals surface area contributed by atoms with Crippen molar-refractivity contribution in [2.45, 2.75) is 19.4 Å². The zero-order chi connectivity index (χ0) is 13.2. The van der Waals surface area contributed by atoms with Crippen LogP contribution in [0, 0.1) is 5.92 Å². The van der Waals surface area contributed by atoms with E-state index in [1.807, 2.05) is 12.4 Å². The summed E-state index contributed by atoms with van der Waals surface area (Å²) in [5.74, 6) is 1.52. The minimum Gasteiger partial charge on any atom is -0.350 e. The molecule has 0 spiro atoms. The summed E-state index contributed by atoms with van der Waals surface area (Å²) >= 11 is 0. The van der Waals surface area contributed by atoms with Crippen molar-refractivity contribution in [3.05, 3.63) is 36.2 Å². The van der Waals surface area contributed by atoms with Crippen molar-refractivity contribution in [2.24, 2.45) is 13.0 Å². The Bertz CT molecular complexity index is 585. The zero-order valence-corrected chi connectivity index (χ0v) is 10.9. The van der Waals surface area contributed by atoms with Gasteiger partial charge in [0, 0.05) is 45.1 Å². The Labute approximate surface area is 111 Å². The van der Waals surface area contributed by atoms with Crippen LogP contribution in [0.15, 0.2) is 24.7 Å². The molecule has 1 amide bonds. The van der Waals surface area contributed by atoms with Gasteiger partial charge in [0.05, 0.1) is 0 Å². The number of carbonyl (C=O) groups is 1. The second-order valence-electron chi connectivity index (χ2n) is 4.95. The molecule has 0 saturated carbocycles. The number of amides is 1. The Hall–Kier alpha value is -2.11. The average Bonchev–Trinajstić information content (AvgIpc) is 3.03. The van der Waals surface area contributed by atoms with E-state index in [-0.39, 0.29) is 5.91 Å². The maximum atomic E-state index is 12.0. The molecule has 1 aliphatic heterocycles. The van der Waals surface area contributed by atoms with Gasteiger partial charge in [-0.1, -0.05) is 0 Å². The van der Waals surface area contributed by atoms with E-state index in [1.165, 1.54) is 0 Å². The summed E-state index contributed by atoms with van der Waals surface area (Å²) in [6.45, 7) is 1.68. The van der Waals surface area contributed by atoms with Crippen molar-refractivity contribution < 1.29 is 4.79 Å². The molecule has 1 N–H and O–H groups in total. The van der Waals surface area contributed by atoms with Crippen LogP contribution in [-0.2, 0) is 20.0 Å². The van der Waals surface area contributed by atoms with Gasteiger partial charge in [-0.15, -0.1) is 0 Å². The van der Waals surface area contributed by atoms with Crippen molar-refractivity contribution in [1.29, 1.82) is 0 Å². The third kappa shape index (κ3) is 2.38. The van der Waals surface area contributed by atoms with E-state index in [1.54, 1.807) is 24.0 Å². The molecule has 2 aromatic heterocycles. The maximum absolute atomic E-state index is 12.0. The lowest BCUT2D eigenvalue weighted by molar-refractivity contribution is 0.0935. The molecule has 19 heavy (non-hydrogen) atoms. The molecule has 0 aliphatic carbocycles. The fourth-order valence-corrected chi connectivity index (χ4v) is 2.51. The molecule has 0 aromatic carbocycles. The SMILES string of the molecule is Cn1nccc1C(=O)NCC1CCn2ccnc2C1. The topological polar surface area (TPSA) is 64.7 Å². The van der Waals surface area contributed by atoms with Gasteiger partial charge in [-0.05, 0) is 18.4 Å². The summed E-state index contributed by atoms with van der Waals surface area (Å²) in [6.07, 6.45) is 7.49. The summed E-state index contributed by atoms with van der Waals surface area (Å²) < 4.78 is 3.77. The van der Waals surface area contributed by atoms with Crippen LogP contribution >= 0.6 is 0 Å². The van der Waals surface area contributed by atoms with Crippen molar-refractivity contribution >= 4 is 5.91 Å². The van der Waals surface area contributed by atoms with Crippen molar-refractivity contribution in [3.63, 3.8) is 0 Å². The van der Waals surface area contributed by atoms with Gasteiger partial charge in [-0.2, -0.15) is 5.10 Å². The number of aromatic nitrogens is 4. The van der Waals surface area contributed by atoms with E-state index < -0.39 is 0 Å². The van der Waals surface area contributed by atoms with Crippen LogP contribution in [0.25, 0.3) is 0 Å². The quantitative estimate of drug-likeness (QED) is 0.878. The van der Waals surface area contributed by atoms with Crippen LogP contribution in [0.3, 0.4) is 0 Å². The molecule has 6 heteroatoms.